The van der Waals surface area contributed by atoms with E-state index in [1.807, 2.05) is 0 Å². The van der Waals surface area contributed by atoms with Crippen LogP contribution < -0.4 is 4.90 Å². The molecule has 0 radical (unpaired) electrons. The highest BCUT2D eigenvalue weighted by atomic mass is 79.9. The van der Waals surface area contributed by atoms with Gasteiger partial charge in [0.25, 0.3) is 0 Å². The van der Waals surface area contributed by atoms with Crippen LogP contribution >= 0.6 is 27.5 Å². The van der Waals surface area contributed by atoms with Crippen LogP contribution in [0.5, 0.6) is 0 Å². The number of alkyl halides is 1. The number of rotatable bonds is 7. The Labute approximate surface area is 125 Å². The fourth-order valence-electron chi connectivity index (χ4n) is 2.15. The molecule has 1 nitrogen and oxygen atoms in total. The molecule has 0 aliphatic rings. The summed E-state index contributed by atoms with van der Waals surface area (Å²) in [5.41, 5.74) is 2.39. The lowest BCUT2D eigenvalue weighted by Crippen LogP contribution is -2.29. The summed E-state index contributed by atoms with van der Waals surface area (Å²) < 4.78 is 0. The number of hydrogen-bond donors (Lipinski definition) is 0. The van der Waals surface area contributed by atoms with Gasteiger partial charge in [-0.2, -0.15) is 0 Å². The average molecular weight is 333 g/mol. The molecule has 0 saturated heterocycles. The first-order valence-electron chi connectivity index (χ1n) is 6.75. The molecule has 0 fully saturated rings. The van der Waals surface area contributed by atoms with Crippen LogP contribution in [0, 0.1) is 5.92 Å². The van der Waals surface area contributed by atoms with Crippen LogP contribution in [0.15, 0.2) is 18.2 Å². The molecule has 1 rings (SSSR count). The molecule has 0 aliphatic heterocycles. The van der Waals surface area contributed by atoms with E-state index >= 15 is 0 Å². The molecule has 0 N–H and O–H groups in total. The van der Waals surface area contributed by atoms with Crippen molar-refractivity contribution in [2.75, 3.05) is 18.0 Å². The third-order valence-electron chi connectivity index (χ3n) is 3.52. The predicted octanol–water partition coefficient (Wildman–Crippen LogP) is 5.50. The standard InChI is InChI=1S/C15H23BrClN/c1-4-12(5-2)11-18(6-3)15-8-7-13(10-16)9-14(15)17/h7-9,12H,4-6,10-11H2,1-3H3. The van der Waals surface area contributed by atoms with Gasteiger partial charge in [-0.1, -0.05) is 60.3 Å². The van der Waals surface area contributed by atoms with Crippen LogP contribution in [0.25, 0.3) is 0 Å². The van der Waals surface area contributed by atoms with Crippen molar-refractivity contribution in [2.24, 2.45) is 5.92 Å². The van der Waals surface area contributed by atoms with Gasteiger partial charge in [0.15, 0.2) is 0 Å². The van der Waals surface area contributed by atoms with Crippen LogP contribution in [0.3, 0.4) is 0 Å². The van der Waals surface area contributed by atoms with Gasteiger partial charge in [-0.25, -0.2) is 0 Å². The van der Waals surface area contributed by atoms with E-state index in [4.69, 9.17) is 11.6 Å². The van der Waals surface area contributed by atoms with Crippen molar-refractivity contribution in [3.63, 3.8) is 0 Å². The SMILES string of the molecule is CCC(CC)CN(CC)c1ccc(CBr)cc1Cl. The number of benzene rings is 1. The van der Waals surface area contributed by atoms with E-state index in [-0.39, 0.29) is 0 Å². The minimum absolute atomic E-state index is 0.747. The van der Waals surface area contributed by atoms with Gasteiger partial charge in [-0.3, -0.25) is 0 Å². The Hall–Kier alpha value is -0.210. The molecule has 1 aromatic carbocycles. The Bertz CT molecular complexity index is 364. The van der Waals surface area contributed by atoms with Crippen molar-refractivity contribution in [1.82, 2.24) is 0 Å². The monoisotopic (exact) mass is 331 g/mol. The summed E-state index contributed by atoms with van der Waals surface area (Å²) in [6, 6.07) is 6.34. The molecule has 18 heavy (non-hydrogen) atoms. The fraction of sp³-hybridized carbons (Fsp3) is 0.600. The average Bonchev–Trinajstić information content (AvgIpc) is 2.41. The van der Waals surface area contributed by atoms with E-state index in [2.05, 4.69) is 59.8 Å². The van der Waals surface area contributed by atoms with Gasteiger partial charge in [0.2, 0.25) is 0 Å². The smallest absolute Gasteiger partial charge is 0.0642 e. The lowest BCUT2D eigenvalue weighted by molar-refractivity contribution is 0.486. The van der Waals surface area contributed by atoms with Gasteiger partial charge in [-0.05, 0) is 30.5 Å². The van der Waals surface area contributed by atoms with Crippen molar-refractivity contribution >= 4 is 33.2 Å². The molecule has 0 aliphatic carbocycles. The molecule has 0 atom stereocenters. The Morgan fingerprint density at radius 2 is 1.89 bits per heavy atom. The van der Waals surface area contributed by atoms with Crippen LogP contribution in [0.4, 0.5) is 5.69 Å². The summed E-state index contributed by atoms with van der Waals surface area (Å²) in [5.74, 6) is 0.747. The summed E-state index contributed by atoms with van der Waals surface area (Å²) in [6.45, 7) is 8.81. The third-order valence-corrected chi connectivity index (χ3v) is 4.47. The Balaban J connectivity index is 2.87. The van der Waals surface area contributed by atoms with Crippen molar-refractivity contribution in [1.29, 1.82) is 0 Å². The molecule has 0 bridgehead atoms. The van der Waals surface area contributed by atoms with Crippen molar-refractivity contribution in [3.05, 3.63) is 28.8 Å². The van der Waals surface area contributed by atoms with Gasteiger partial charge in [0.1, 0.15) is 0 Å². The second-order valence-corrected chi connectivity index (χ2v) is 5.61. The zero-order valence-corrected chi connectivity index (χ0v) is 13.9. The van der Waals surface area contributed by atoms with E-state index in [9.17, 15) is 0 Å². The van der Waals surface area contributed by atoms with Crippen LogP contribution in [-0.2, 0) is 5.33 Å². The summed E-state index contributed by atoms with van der Waals surface area (Å²) in [7, 11) is 0. The van der Waals surface area contributed by atoms with Crippen molar-refractivity contribution in [3.8, 4) is 0 Å². The molecule has 0 amide bonds. The normalized spacial score (nSPS) is 11.0. The number of hydrogen-bond acceptors (Lipinski definition) is 1. The molecule has 3 heteroatoms. The zero-order chi connectivity index (χ0) is 13.5. The molecule has 1 aromatic rings. The highest BCUT2D eigenvalue weighted by Gasteiger charge is 2.13. The van der Waals surface area contributed by atoms with E-state index in [0.29, 0.717) is 0 Å². The van der Waals surface area contributed by atoms with E-state index < -0.39 is 0 Å². The lowest BCUT2D eigenvalue weighted by Gasteiger charge is -2.28. The second kappa shape index (κ2) is 8.06. The second-order valence-electron chi connectivity index (χ2n) is 4.64. The van der Waals surface area contributed by atoms with Crippen LogP contribution in [0.2, 0.25) is 5.02 Å². The molecule has 0 heterocycles. The highest BCUT2D eigenvalue weighted by molar-refractivity contribution is 9.08. The number of nitrogens with zero attached hydrogens (tertiary/aromatic N) is 1. The quantitative estimate of drug-likeness (QED) is 0.596. The number of anilines is 1. The third kappa shape index (κ3) is 4.17. The molecular formula is C15H23BrClN. The first kappa shape index (κ1) is 15.8. The predicted molar refractivity (Wildman–Crippen MR) is 86.0 cm³/mol. The minimum atomic E-state index is 0.747. The maximum Gasteiger partial charge on any atom is 0.0642 e. The highest BCUT2D eigenvalue weighted by Crippen LogP contribution is 2.29. The molecule has 0 aromatic heterocycles. The Kier molecular flexibility index (Phi) is 7.10. The van der Waals surface area contributed by atoms with Gasteiger partial charge < -0.3 is 4.90 Å². The molecule has 0 saturated carbocycles. The minimum Gasteiger partial charge on any atom is -0.370 e. The van der Waals surface area contributed by atoms with Crippen molar-refractivity contribution < 1.29 is 0 Å². The van der Waals surface area contributed by atoms with Gasteiger partial charge >= 0.3 is 0 Å². The van der Waals surface area contributed by atoms with Crippen LogP contribution in [0.1, 0.15) is 39.2 Å². The lowest BCUT2D eigenvalue weighted by atomic mass is 10.0. The van der Waals surface area contributed by atoms with Crippen molar-refractivity contribution in [2.45, 2.75) is 38.9 Å². The van der Waals surface area contributed by atoms with E-state index in [1.54, 1.807) is 0 Å². The van der Waals surface area contributed by atoms with Gasteiger partial charge in [0.05, 0.1) is 10.7 Å². The van der Waals surface area contributed by atoms with E-state index in [1.165, 1.54) is 18.4 Å². The zero-order valence-electron chi connectivity index (χ0n) is 11.5. The van der Waals surface area contributed by atoms with Gasteiger partial charge in [0, 0.05) is 18.4 Å². The maximum atomic E-state index is 6.39. The molecule has 102 valence electrons. The summed E-state index contributed by atoms with van der Waals surface area (Å²) in [4.78, 5) is 2.39. The molecular weight excluding hydrogens is 310 g/mol. The fourth-order valence-corrected chi connectivity index (χ4v) is 2.82. The first-order valence-corrected chi connectivity index (χ1v) is 8.25. The topological polar surface area (TPSA) is 3.24 Å². The first-order chi connectivity index (χ1) is 8.65. The summed E-state index contributed by atoms with van der Waals surface area (Å²) in [5, 5.41) is 1.71. The van der Waals surface area contributed by atoms with Crippen LogP contribution in [-0.4, -0.2) is 13.1 Å². The van der Waals surface area contributed by atoms with Gasteiger partial charge in [-0.15, -0.1) is 0 Å². The summed E-state index contributed by atoms with van der Waals surface area (Å²) in [6.07, 6.45) is 2.45. The summed E-state index contributed by atoms with van der Waals surface area (Å²) >= 11 is 9.85. The Morgan fingerprint density at radius 3 is 2.33 bits per heavy atom. The Morgan fingerprint density at radius 1 is 1.22 bits per heavy atom. The number of halogens is 2. The maximum absolute atomic E-state index is 6.39. The molecule has 0 spiro atoms. The van der Waals surface area contributed by atoms with E-state index in [0.717, 1.165) is 35.0 Å². The molecule has 0 unspecified atom stereocenters. The largest absolute Gasteiger partial charge is 0.370 e.